The van der Waals surface area contributed by atoms with E-state index in [4.69, 9.17) is 14.0 Å². The van der Waals surface area contributed by atoms with Crippen molar-refractivity contribution in [2.75, 3.05) is 12.4 Å². The maximum absolute atomic E-state index is 13.0. The van der Waals surface area contributed by atoms with E-state index in [1.165, 1.54) is 31.4 Å². The topological polar surface area (TPSA) is 86.5 Å². The van der Waals surface area contributed by atoms with Crippen molar-refractivity contribution < 1.29 is 23.2 Å². The van der Waals surface area contributed by atoms with Crippen molar-refractivity contribution in [2.45, 2.75) is 13.0 Å². The van der Waals surface area contributed by atoms with Gasteiger partial charge in [-0.25, -0.2) is 4.39 Å². The fourth-order valence-corrected chi connectivity index (χ4v) is 2.16. The molecule has 3 rings (SSSR count). The molecule has 0 spiro atoms. The van der Waals surface area contributed by atoms with Gasteiger partial charge < -0.3 is 14.0 Å². The molecule has 0 aliphatic rings. The van der Waals surface area contributed by atoms with Gasteiger partial charge >= 0.3 is 0 Å². The Morgan fingerprint density at radius 3 is 2.54 bits per heavy atom. The van der Waals surface area contributed by atoms with Gasteiger partial charge in [0.15, 0.2) is 17.6 Å². The van der Waals surface area contributed by atoms with Crippen LogP contribution in [0.15, 0.2) is 53.1 Å². The van der Waals surface area contributed by atoms with E-state index in [0.29, 0.717) is 17.1 Å². The van der Waals surface area contributed by atoms with Crippen LogP contribution in [0.3, 0.4) is 0 Å². The summed E-state index contributed by atoms with van der Waals surface area (Å²) in [6.07, 6.45) is -0.820. The van der Waals surface area contributed by atoms with Crippen LogP contribution in [0.2, 0.25) is 0 Å². The Morgan fingerprint density at radius 2 is 1.85 bits per heavy atom. The van der Waals surface area contributed by atoms with Crippen molar-refractivity contribution in [3.8, 4) is 23.0 Å². The highest BCUT2D eigenvalue weighted by Crippen LogP contribution is 2.27. The van der Waals surface area contributed by atoms with Gasteiger partial charge in [0.2, 0.25) is 0 Å². The normalized spacial score (nSPS) is 11.7. The first kappa shape index (κ1) is 17.4. The molecule has 1 N–H and O–H groups in total. The molecule has 1 atom stereocenters. The van der Waals surface area contributed by atoms with Crippen LogP contribution in [0.25, 0.3) is 11.5 Å². The zero-order chi connectivity index (χ0) is 18.5. The first-order chi connectivity index (χ1) is 12.6. The number of rotatable bonds is 6. The predicted molar refractivity (Wildman–Crippen MR) is 91.4 cm³/mol. The van der Waals surface area contributed by atoms with Crippen molar-refractivity contribution in [2.24, 2.45) is 0 Å². The largest absolute Gasteiger partial charge is 0.493 e. The number of carbonyl (C=O) groups excluding carboxylic acids is 1. The summed E-state index contributed by atoms with van der Waals surface area (Å²) in [4.78, 5) is 16.3. The van der Waals surface area contributed by atoms with E-state index >= 15 is 0 Å². The lowest BCUT2D eigenvalue weighted by molar-refractivity contribution is -0.122. The number of carbonyl (C=O) groups is 1. The molecule has 0 saturated carbocycles. The van der Waals surface area contributed by atoms with Crippen LogP contribution in [0.5, 0.6) is 11.5 Å². The van der Waals surface area contributed by atoms with E-state index in [0.717, 1.165) is 0 Å². The molecule has 0 aliphatic heterocycles. The molecule has 0 saturated heterocycles. The van der Waals surface area contributed by atoms with Crippen molar-refractivity contribution >= 4 is 11.9 Å². The minimum absolute atomic E-state index is 0.00944. The molecule has 1 aromatic heterocycles. The Hall–Kier alpha value is -3.42. The number of halogens is 1. The number of nitrogens with zero attached hydrogens (tertiary/aromatic N) is 2. The molecule has 0 unspecified atom stereocenters. The quantitative estimate of drug-likeness (QED) is 0.728. The number of hydrogen-bond acceptors (Lipinski definition) is 6. The molecule has 7 nitrogen and oxygen atoms in total. The molecule has 0 fully saturated rings. The van der Waals surface area contributed by atoms with Gasteiger partial charge in [-0.15, -0.1) is 0 Å². The number of hydrogen-bond donors (Lipinski definition) is 1. The maximum atomic E-state index is 13.0. The maximum Gasteiger partial charge on any atom is 0.270 e. The van der Waals surface area contributed by atoms with Gasteiger partial charge in [0.05, 0.1) is 7.11 Å². The highest BCUT2D eigenvalue weighted by atomic mass is 19.1. The zero-order valence-corrected chi connectivity index (χ0v) is 14.1. The molecule has 1 amide bonds. The minimum Gasteiger partial charge on any atom is -0.493 e. The van der Waals surface area contributed by atoms with Gasteiger partial charge in [-0.1, -0.05) is 12.1 Å². The predicted octanol–water partition coefficient (Wildman–Crippen LogP) is 3.29. The molecule has 134 valence electrons. The van der Waals surface area contributed by atoms with Gasteiger partial charge in [0, 0.05) is 5.56 Å². The standard InChI is InChI=1S/C18H16FN3O4/c1-11(25-15-6-4-3-5-14(15)24-2)16(23)20-18-21-17(26-22-18)12-7-9-13(19)10-8-12/h3-11H,1-2H3,(H,20,22,23)/t11-/m0/s1. The second-order valence-electron chi connectivity index (χ2n) is 5.33. The van der Waals surface area contributed by atoms with E-state index in [1.807, 2.05) is 0 Å². The Bertz CT molecular complexity index is 895. The first-order valence-electron chi connectivity index (χ1n) is 7.77. The SMILES string of the molecule is COc1ccccc1O[C@@H](C)C(=O)Nc1noc(-c2ccc(F)cc2)n1. The third-order valence-electron chi connectivity index (χ3n) is 3.49. The van der Waals surface area contributed by atoms with Crippen LogP contribution in [0.4, 0.5) is 10.3 Å². The number of amides is 1. The van der Waals surface area contributed by atoms with E-state index in [9.17, 15) is 9.18 Å². The molecule has 0 radical (unpaired) electrons. The number of anilines is 1. The van der Waals surface area contributed by atoms with Crippen LogP contribution >= 0.6 is 0 Å². The summed E-state index contributed by atoms with van der Waals surface area (Å²) < 4.78 is 28.8. The van der Waals surface area contributed by atoms with Gasteiger partial charge in [0.1, 0.15) is 5.82 Å². The van der Waals surface area contributed by atoms with E-state index in [1.54, 1.807) is 31.2 Å². The Balaban J connectivity index is 1.65. The van der Waals surface area contributed by atoms with Crippen LogP contribution in [0, 0.1) is 5.82 Å². The van der Waals surface area contributed by atoms with Crippen molar-refractivity contribution in [3.63, 3.8) is 0 Å². The monoisotopic (exact) mass is 357 g/mol. The van der Waals surface area contributed by atoms with Crippen LogP contribution in [0.1, 0.15) is 6.92 Å². The molecule has 8 heteroatoms. The number of para-hydroxylation sites is 2. The zero-order valence-electron chi connectivity index (χ0n) is 14.1. The van der Waals surface area contributed by atoms with Crippen molar-refractivity contribution in [3.05, 3.63) is 54.3 Å². The summed E-state index contributed by atoms with van der Waals surface area (Å²) in [6, 6.07) is 12.6. The van der Waals surface area contributed by atoms with E-state index in [2.05, 4.69) is 15.5 Å². The summed E-state index contributed by atoms with van der Waals surface area (Å²) in [7, 11) is 1.52. The molecular weight excluding hydrogens is 341 g/mol. The third kappa shape index (κ3) is 3.97. The molecule has 26 heavy (non-hydrogen) atoms. The third-order valence-corrected chi connectivity index (χ3v) is 3.49. The van der Waals surface area contributed by atoms with Gasteiger partial charge in [0.25, 0.3) is 17.7 Å². The molecule has 3 aromatic rings. The molecule has 1 heterocycles. The van der Waals surface area contributed by atoms with Gasteiger partial charge in [-0.2, -0.15) is 4.98 Å². The fourth-order valence-electron chi connectivity index (χ4n) is 2.16. The number of nitrogens with one attached hydrogen (secondary N) is 1. The summed E-state index contributed by atoms with van der Waals surface area (Å²) in [5.74, 6) is 0.290. The lowest BCUT2D eigenvalue weighted by atomic mass is 10.2. The second kappa shape index (κ2) is 7.64. The number of ether oxygens (including phenoxy) is 2. The number of aromatic nitrogens is 2. The Labute approximate surface area is 148 Å². The fraction of sp³-hybridized carbons (Fsp3) is 0.167. The van der Waals surface area contributed by atoms with Crippen molar-refractivity contribution in [1.29, 1.82) is 0 Å². The first-order valence-corrected chi connectivity index (χ1v) is 7.77. The van der Waals surface area contributed by atoms with Crippen LogP contribution < -0.4 is 14.8 Å². The smallest absolute Gasteiger partial charge is 0.270 e. The number of methoxy groups -OCH3 is 1. The van der Waals surface area contributed by atoms with E-state index < -0.39 is 12.0 Å². The van der Waals surface area contributed by atoms with E-state index in [-0.39, 0.29) is 17.7 Å². The van der Waals surface area contributed by atoms with Crippen LogP contribution in [-0.4, -0.2) is 29.3 Å². The average Bonchev–Trinajstić information content (AvgIpc) is 3.11. The minimum atomic E-state index is -0.820. The molecule has 2 aromatic carbocycles. The Morgan fingerprint density at radius 1 is 1.15 bits per heavy atom. The Kier molecular flexibility index (Phi) is 5.12. The molecule has 0 aliphatic carbocycles. The molecular formula is C18H16FN3O4. The highest BCUT2D eigenvalue weighted by molar-refractivity contribution is 5.92. The summed E-state index contributed by atoms with van der Waals surface area (Å²) in [6.45, 7) is 1.59. The summed E-state index contributed by atoms with van der Waals surface area (Å²) >= 11 is 0. The highest BCUT2D eigenvalue weighted by Gasteiger charge is 2.19. The molecule has 0 bridgehead atoms. The lowest BCUT2D eigenvalue weighted by Gasteiger charge is -2.15. The summed E-state index contributed by atoms with van der Waals surface area (Å²) in [5, 5.41) is 6.19. The average molecular weight is 357 g/mol. The van der Waals surface area contributed by atoms with Crippen molar-refractivity contribution in [1.82, 2.24) is 10.1 Å². The summed E-state index contributed by atoms with van der Waals surface area (Å²) in [5.41, 5.74) is 0.540. The number of benzene rings is 2. The van der Waals surface area contributed by atoms with Gasteiger partial charge in [-0.3, -0.25) is 10.1 Å². The second-order valence-corrected chi connectivity index (χ2v) is 5.33. The van der Waals surface area contributed by atoms with Gasteiger partial charge in [-0.05, 0) is 48.5 Å². The lowest BCUT2D eigenvalue weighted by Crippen LogP contribution is -2.30. The van der Waals surface area contributed by atoms with Crippen LogP contribution in [-0.2, 0) is 4.79 Å².